The van der Waals surface area contributed by atoms with Gasteiger partial charge in [-0.2, -0.15) is 5.10 Å². The van der Waals surface area contributed by atoms with E-state index in [0.717, 1.165) is 30.1 Å². The summed E-state index contributed by atoms with van der Waals surface area (Å²) in [5.41, 5.74) is 1.39. The first kappa shape index (κ1) is 20.2. The number of ether oxygens (including phenoxy) is 2. The molecule has 3 aromatic rings. The van der Waals surface area contributed by atoms with Crippen molar-refractivity contribution in [3.8, 4) is 11.5 Å². The number of hydrogen-bond acceptors (Lipinski definition) is 5. The van der Waals surface area contributed by atoms with Gasteiger partial charge in [0.25, 0.3) is 5.91 Å². The van der Waals surface area contributed by atoms with Gasteiger partial charge in [0.1, 0.15) is 18.3 Å². The summed E-state index contributed by atoms with van der Waals surface area (Å²) in [6.07, 6.45) is 1.63. The third kappa shape index (κ3) is 4.41. The molecule has 0 spiro atoms. The highest BCUT2D eigenvalue weighted by atomic mass is 35.5. The summed E-state index contributed by atoms with van der Waals surface area (Å²) < 4.78 is 13.2. The van der Waals surface area contributed by atoms with Crippen molar-refractivity contribution in [2.75, 3.05) is 7.11 Å². The Kier molecular flexibility index (Phi) is 5.90. The van der Waals surface area contributed by atoms with E-state index in [9.17, 15) is 4.79 Å². The van der Waals surface area contributed by atoms with Crippen LogP contribution in [0.15, 0.2) is 42.5 Å². The molecule has 1 amide bonds. The summed E-state index contributed by atoms with van der Waals surface area (Å²) in [4.78, 5) is 17.2. The lowest BCUT2D eigenvalue weighted by Crippen LogP contribution is -2.41. The monoisotopic (exact) mass is 426 g/mol. The molecule has 0 fully saturated rings. The van der Waals surface area contributed by atoms with E-state index in [4.69, 9.17) is 21.1 Å². The van der Waals surface area contributed by atoms with Crippen LogP contribution in [0.25, 0.3) is 0 Å². The number of fused-ring (bicyclic) bond motifs is 1. The van der Waals surface area contributed by atoms with Gasteiger partial charge in [0.15, 0.2) is 11.5 Å². The summed E-state index contributed by atoms with van der Waals surface area (Å²) in [6.45, 7) is 2.81. The van der Waals surface area contributed by atoms with Gasteiger partial charge >= 0.3 is 0 Å². The van der Waals surface area contributed by atoms with Crippen LogP contribution in [0, 0.1) is 6.92 Å². The number of methoxy groups -OCH3 is 1. The Morgan fingerprint density at radius 1 is 1.27 bits per heavy atom. The zero-order chi connectivity index (χ0) is 21.1. The number of aromatic nitrogens is 3. The zero-order valence-corrected chi connectivity index (χ0v) is 17.6. The molecule has 2 heterocycles. The van der Waals surface area contributed by atoms with E-state index in [1.54, 1.807) is 25.3 Å². The van der Waals surface area contributed by atoms with Crippen molar-refractivity contribution in [2.24, 2.45) is 0 Å². The van der Waals surface area contributed by atoms with Crippen LogP contribution in [-0.2, 0) is 19.6 Å². The number of nitrogens with one attached hydrogen (secondary N) is 1. The Bertz CT molecular complexity index is 1070. The van der Waals surface area contributed by atoms with Crippen molar-refractivity contribution in [2.45, 2.75) is 39.0 Å². The molecule has 4 rings (SSSR count). The van der Waals surface area contributed by atoms with E-state index in [2.05, 4.69) is 15.4 Å². The van der Waals surface area contributed by atoms with Crippen LogP contribution < -0.4 is 14.8 Å². The lowest BCUT2D eigenvalue weighted by molar-refractivity contribution is 0.0925. The first-order valence-corrected chi connectivity index (χ1v) is 10.2. The van der Waals surface area contributed by atoms with Gasteiger partial charge in [-0.05, 0) is 37.6 Å². The standard InChI is InChI=1S/C22H23ClN4O3/c1-14-24-21-10-8-17(12-27(21)26-14)25-22(28)15-7-9-19(20(11-15)29-2)30-13-16-5-3-4-6-18(16)23/h3-7,9,11,17H,8,10,12-13H2,1-2H3,(H,25,28). The maximum atomic E-state index is 12.8. The van der Waals surface area contributed by atoms with Crippen molar-refractivity contribution in [3.63, 3.8) is 0 Å². The molecule has 1 aromatic heterocycles. The van der Waals surface area contributed by atoms with E-state index in [0.29, 0.717) is 35.2 Å². The zero-order valence-electron chi connectivity index (χ0n) is 16.9. The molecule has 1 N–H and O–H groups in total. The molecular weight excluding hydrogens is 404 g/mol. The largest absolute Gasteiger partial charge is 0.493 e. The molecule has 1 aliphatic rings. The van der Waals surface area contributed by atoms with Gasteiger partial charge in [-0.3, -0.25) is 4.79 Å². The molecule has 1 aliphatic heterocycles. The molecule has 8 heteroatoms. The Labute approximate surface area is 180 Å². The highest BCUT2D eigenvalue weighted by Crippen LogP contribution is 2.30. The lowest BCUT2D eigenvalue weighted by Gasteiger charge is -2.23. The average molecular weight is 427 g/mol. The number of carbonyl (C=O) groups excluding carboxylic acids is 1. The van der Waals surface area contributed by atoms with Crippen LogP contribution in [0.3, 0.4) is 0 Å². The van der Waals surface area contributed by atoms with Gasteiger partial charge in [-0.15, -0.1) is 0 Å². The van der Waals surface area contributed by atoms with Crippen molar-refractivity contribution >= 4 is 17.5 Å². The molecule has 0 saturated carbocycles. The minimum absolute atomic E-state index is 0.00763. The number of carbonyl (C=O) groups is 1. The quantitative estimate of drug-likeness (QED) is 0.651. The fourth-order valence-electron chi connectivity index (χ4n) is 3.52. The Morgan fingerprint density at radius 3 is 2.90 bits per heavy atom. The number of hydrogen-bond donors (Lipinski definition) is 1. The van der Waals surface area contributed by atoms with Crippen LogP contribution in [0.1, 0.15) is 34.0 Å². The highest BCUT2D eigenvalue weighted by molar-refractivity contribution is 6.31. The normalized spacial score (nSPS) is 15.4. The van der Waals surface area contributed by atoms with Crippen molar-refractivity contribution in [1.82, 2.24) is 20.1 Å². The fraction of sp³-hybridized carbons (Fsp3) is 0.318. The second kappa shape index (κ2) is 8.75. The van der Waals surface area contributed by atoms with E-state index >= 15 is 0 Å². The SMILES string of the molecule is COc1cc(C(=O)NC2CCc3nc(C)nn3C2)ccc1OCc1ccccc1Cl. The second-order valence-corrected chi connectivity index (χ2v) is 7.62. The Balaban J connectivity index is 1.42. The lowest BCUT2D eigenvalue weighted by atomic mass is 10.1. The number of amides is 1. The number of nitrogens with zero attached hydrogens (tertiary/aromatic N) is 3. The molecule has 7 nitrogen and oxygen atoms in total. The summed E-state index contributed by atoms with van der Waals surface area (Å²) in [5, 5.41) is 8.10. The molecule has 0 aliphatic carbocycles. The molecule has 1 unspecified atom stereocenters. The van der Waals surface area contributed by atoms with E-state index in [1.165, 1.54) is 0 Å². The minimum Gasteiger partial charge on any atom is -0.493 e. The predicted octanol–water partition coefficient (Wildman–Crippen LogP) is 3.57. The molecule has 1 atom stereocenters. The second-order valence-electron chi connectivity index (χ2n) is 7.21. The van der Waals surface area contributed by atoms with Crippen molar-refractivity contribution in [1.29, 1.82) is 0 Å². The van der Waals surface area contributed by atoms with E-state index in [-0.39, 0.29) is 11.9 Å². The van der Waals surface area contributed by atoms with Crippen molar-refractivity contribution in [3.05, 3.63) is 70.3 Å². The number of rotatable bonds is 6. The average Bonchev–Trinajstić information content (AvgIpc) is 3.12. The van der Waals surface area contributed by atoms with Crippen LogP contribution in [0.2, 0.25) is 5.02 Å². The van der Waals surface area contributed by atoms with E-state index in [1.807, 2.05) is 35.9 Å². The van der Waals surface area contributed by atoms with Gasteiger partial charge in [0, 0.05) is 28.6 Å². The van der Waals surface area contributed by atoms with Crippen LogP contribution >= 0.6 is 11.6 Å². The van der Waals surface area contributed by atoms with Crippen molar-refractivity contribution < 1.29 is 14.3 Å². The highest BCUT2D eigenvalue weighted by Gasteiger charge is 2.23. The van der Waals surface area contributed by atoms with Gasteiger partial charge in [0.2, 0.25) is 0 Å². The summed E-state index contributed by atoms with van der Waals surface area (Å²) in [5.74, 6) is 2.62. The van der Waals surface area contributed by atoms with Gasteiger partial charge in [-0.25, -0.2) is 9.67 Å². The molecule has 0 saturated heterocycles. The predicted molar refractivity (Wildman–Crippen MR) is 113 cm³/mol. The maximum Gasteiger partial charge on any atom is 0.251 e. The third-order valence-electron chi connectivity index (χ3n) is 5.07. The summed E-state index contributed by atoms with van der Waals surface area (Å²) in [7, 11) is 1.55. The van der Waals surface area contributed by atoms with Gasteiger partial charge in [-0.1, -0.05) is 29.8 Å². The molecular formula is C22H23ClN4O3. The number of benzene rings is 2. The molecule has 30 heavy (non-hydrogen) atoms. The Morgan fingerprint density at radius 2 is 2.10 bits per heavy atom. The summed E-state index contributed by atoms with van der Waals surface area (Å²) in [6, 6.07) is 12.7. The summed E-state index contributed by atoms with van der Waals surface area (Å²) >= 11 is 6.18. The molecule has 0 bridgehead atoms. The van der Waals surface area contributed by atoms with Gasteiger partial charge < -0.3 is 14.8 Å². The smallest absolute Gasteiger partial charge is 0.251 e. The fourth-order valence-corrected chi connectivity index (χ4v) is 3.71. The minimum atomic E-state index is -0.156. The third-order valence-corrected chi connectivity index (χ3v) is 5.43. The molecule has 2 aromatic carbocycles. The first-order chi connectivity index (χ1) is 14.5. The number of halogens is 1. The number of aryl methyl sites for hydroxylation is 2. The van der Waals surface area contributed by atoms with Gasteiger partial charge in [0.05, 0.1) is 13.7 Å². The molecule has 0 radical (unpaired) electrons. The van der Waals surface area contributed by atoms with Crippen LogP contribution in [-0.4, -0.2) is 33.8 Å². The topological polar surface area (TPSA) is 78.3 Å². The molecule has 156 valence electrons. The van der Waals surface area contributed by atoms with Crippen LogP contribution in [0.5, 0.6) is 11.5 Å². The first-order valence-electron chi connectivity index (χ1n) is 9.79. The van der Waals surface area contributed by atoms with E-state index < -0.39 is 0 Å². The van der Waals surface area contributed by atoms with Crippen LogP contribution in [0.4, 0.5) is 0 Å². The Hall–Kier alpha value is -3.06. The maximum absolute atomic E-state index is 12.8.